The number of nitrogens with one attached hydrogen (secondary N) is 1. The number of aromatic nitrogens is 2. The highest BCUT2D eigenvalue weighted by atomic mass is 14.9. The molecule has 0 saturated heterocycles. The highest BCUT2D eigenvalue weighted by molar-refractivity contribution is 5.01. The number of nitrogens with two attached hydrogens (primary N) is 1. The molecular weight excluding hydrogens is 126 g/mol. The van der Waals surface area contributed by atoms with Crippen molar-refractivity contribution < 1.29 is 0 Å². The Balaban J connectivity index is 2.50. The number of aromatic amines is 1. The third kappa shape index (κ3) is 1.57. The highest BCUT2D eigenvalue weighted by Crippen LogP contribution is 2.13. The molecule has 1 aromatic rings. The Bertz CT molecular complexity index is 169. The molecule has 0 aliphatic carbocycles. The summed E-state index contributed by atoms with van der Waals surface area (Å²) >= 11 is 0. The van der Waals surface area contributed by atoms with Gasteiger partial charge in [0.15, 0.2) is 0 Å². The summed E-state index contributed by atoms with van der Waals surface area (Å²) in [6.07, 6.45) is 4.62. The molecule has 56 valence electrons. The van der Waals surface area contributed by atoms with Gasteiger partial charge in [-0.2, -0.15) is 0 Å². The van der Waals surface area contributed by atoms with E-state index in [-0.39, 0.29) is 0 Å². The van der Waals surface area contributed by atoms with Crippen molar-refractivity contribution in [3.8, 4) is 0 Å². The zero-order valence-corrected chi connectivity index (χ0v) is 6.17. The van der Waals surface area contributed by atoms with Crippen LogP contribution in [0.3, 0.4) is 0 Å². The first kappa shape index (κ1) is 7.28. The lowest BCUT2D eigenvalue weighted by Crippen LogP contribution is -2.04. The van der Waals surface area contributed by atoms with Gasteiger partial charge in [0.05, 0.1) is 12.0 Å². The van der Waals surface area contributed by atoms with Crippen LogP contribution in [0.4, 0.5) is 0 Å². The second-order valence-corrected chi connectivity index (χ2v) is 2.47. The van der Waals surface area contributed by atoms with Gasteiger partial charge in [-0.05, 0) is 13.0 Å². The molecule has 3 N–H and O–H groups in total. The lowest BCUT2D eigenvalue weighted by Gasteiger charge is -2.04. The normalized spacial score (nSPS) is 13.4. The topological polar surface area (TPSA) is 54.7 Å². The standard InChI is InChI=1S/C7H13N3/c1-6(2-3-8)7-4-9-5-10-7/h4-6H,2-3,8H2,1H3,(H,9,10)/t6-/m0/s1. The molecule has 0 saturated carbocycles. The molecule has 1 heterocycles. The second-order valence-electron chi connectivity index (χ2n) is 2.47. The fourth-order valence-corrected chi connectivity index (χ4v) is 0.939. The van der Waals surface area contributed by atoms with Crippen LogP contribution in [0.15, 0.2) is 12.5 Å². The predicted molar refractivity (Wildman–Crippen MR) is 40.7 cm³/mol. The van der Waals surface area contributed by atoms with Crippen LogP contribution >= 0.6 is 0 Å². The largest absolute Gasteiger partial charge is 0.351 e. The Morgan fingerprint density at radius 2 is 2.60 bits per heavy atom. The number of nitrogens with zero attached hydrogens (tertiary/aromatic N) is 1. The Kier molecular flexibility index (Phi) is 2.45. The first-order chi connectivity index (χ1) is 4.84. The minimum absolute atomic E-state index is 0.483. The molecular formula is C7H13N3. The van der Waals surface area contributed by atoms with E-state index in [2.05, 4.69) is 16.9 Å². The SMILES string of the molecule is C[C@@H](CCN)c1c[nH]cn1. The molecule has 0 bridgehead atoms. The number of imidazole rings is 1. The van der Waals surface area contributed by atoms with E-state index < -0.39 is 0 Å². The van der Waals surface area contributed by atoms with Gasteiger partial charge < -0.3 is 10.7 Å². The fraction of sp³-hybridized carbons (Fsp3) is 0.571. The molecule has 0 unspecified atom stereocenters. The molecule has 0 spiro atoms. The van der Waals surface area contributed by atoms with Crippen LogP contribution in [0.2, 0.25) is 0 Å². The lowest BCUT2D eigenvalue weighted by atomic mass is 10.1. The van der Waals surface area contributed by atoms with Crippen molar-refractivity contribution in [3.05, 3.63) is 18.2 Å². The minimum Gasteiger partial charge on any atom is -0.351 e. The molecule has 0 fully saturated rings. The first-order valence-electron chi connectivity index (χ1n) is 3.53. The van der Waals surface area contributed by atoms with Gasteiger partial charge in [0.1, 0.15) is 0 Å². The van der Waals surface area contributed by atoms with E-state index in [1.807, 2.05) is 6.20 Å². The molecule has 0 aromatic carbocycles. The Labute approximate surface area is 60.7 Å². The van der Waals surface area contributed by atoms with Crippen molar-refractivity contribution in [3.63, 3.8) is 0 Å². The van der Waals surface area contributed by atoms with E-state index in [1.54, 1.807) is 6.33 Å². The van der Waals surface area contributed by atoms with Gasteiger partial charge in [0.2, 0.25) is 0 Å². The summed E-state index contributed by atoms with van der Waals surface area (Å²) in [5, 5.41) is 0. The van der Waals surface area contributed by atoms with Crippen molar-refractivity contribution in [1.29, 1.82) is 0 Å². The zero-order chi connectivity index (χ0) is 7.40. The summed E-state index contributed by atoms with van der Waals surface area (Å²) in [6, 6.07) is 0. The third-order valence-electron chi connectivity index (χ3n) is 1.62. The van der Waals surface area contributed by atoms with E-state index in [4.69, 9.17) is 5.73 Å². The van der Waals surface area contributed by atoms with Gasteiger partial charge in [-0.3, -0.25) is 0 Å². The Morgan fingerprint density at radius 3 is 3.10 bits per heavy atom. The maximum atomic E-state index is 5.40. The highest BCUT2D eigenvalue weighted by Gasteiger charge is 2.04. The van der Waals surface area contributed by atoms with Crippen LogP contribution in [0.5, 0.6) is 0 Å². The van der Waals surface area contributed by atoms with Crippen molar-refractivity contribution in [2.45, 2.75) is 19.3 Å². The van der Waals surface area contributed by atoms with Crippen LogP contribution in [0.1, 0.15) is 25.0 Å². The molecule has 0 amide bonds. The van der Waals surface area contributed by atoms with Crippen molar-refractivity contribution in [1.82, 2.24) is 9.97 Å². The van der Waals surface area contributed by atoms with Crippen molar-refractivity contribution in [2.75, 3.05) is 6.54 Å². The summed E-state index contributed by atoms with van der Waals surface area (Å²) < 4.78 is 0. The summed E-state index contributed by atoms with van der Waals surface area (Å²) in [4.78, 5) is 7.04. The molecule has 1 atom stereocenters. The fourth-order valence-electron chi connectivity index (χ4n) is 0.939. The summed E-state index contributed by atoms with van der Waals surface area (Å²) in [7, 11) is 0. The van der Waals surface area contributed by atoms with Gasteiger partial charge in [0.25, 0.3) is 0 Å². The molecule has 1 rings (SSSR count). The summed E-state index contributed by atoms with van der Waals surface area (Å²) in [5.41, 5.74) is 6.50. The molecule has 0 aliphatic heterocycles. The van der Waals surface area contributed by atoms with Crippen LogP contribution < -0.4 is 5.73 Å². The number of H-pyrrole nitrogens is 1. The quantitative estimate of drug-likeness (QED) is 0.652. The van der Waals surface area contributed by atoms with Crippen LogP contribution in [0.25, 0.3) is 0 Å². The van der Waals surface area contributed by atoms with Gasteiger partial charge in [0, 0.05) is 12.1 Å². The number of hydrogen-bond acceptors (Lipinski definition) is 2. The maximum Gasteiger partial charge on any atom is 0.0923 e. The molecule has 10 heavy (non-hydrogen) atoms. The van der Waals surface area contributed by atoms with Crippen LogP contribution in [-0.4, -0.2) is 16.5 Å². The third-order valence-corrected chi connectivity index (χ3v) is 1.62. The van der Waals surface area contributed by atoms with Gasteiger partial charge in [-0.1, -0.05) is 6.92 Å². The lowest BCUT2D eigenvalue weighted by molar-refractivity contribution is 0.674. The maximum absolute atomic E-state index is 5.40. The van der Waals surface area contributed by atoms with Gasteiger partial charge in [-0.15, -0.1) is 0 Å². The average Bonchev–Trinajstić information content (AvgIpc) is 2.38. The summed E-state index contributed by atoms with van der Waals surface area (Å²) in [5.74, 6) is 0.483. The van der Waals surface area contributed by atoms with Gasteiger partial charge in [-0.25, -0.2) is 4.98 Å². The first-order valence-corrected chi connectivity index (χ1v) is 3.53. The minimum atomic E-state index is 0.483. The van der Waals surface area contributed by atoms with Crippen molar-refractivity contribution in [2.24, 2.45) is 5.73 Å². The zero-order valence-electron chi connectivity index (χ0n) is 6.17. The average molecular weight is 139 g/mol. The van der Waals surface area contributed by atoms with E-state index in [0.717, 1.165) is 18.7 Å². The molecule has 3 nitrogen and oxygen atoms in total. The molecule has 0 aliphatic rings. The predicted octanol–water partition coefficient (Wildman–Crippen LogP) is 0.862. The molecule has 3 heteroatoms. The molecule has 0 radical (unpaired) electrons. The molecule has 1 aromatic heterocycles. The van der Waals surface area contributed by atoms with Crippen LogP contribution in [-0.2, 0) is 0 Å². The van der Waals surface area contributed by atoms with Gasteiger partial charge >= 0.3 is 0 Å². The van der Waals surface area contributed by atoms with Crippen LogP contribution in [0, 0.1) is 0 Å². The number of hydrogen-bond donors (Lipinski definition) is 2. The Hall–Kier alpha value is -0.830. The van der Waals surface area contributed by atoms with E-state index >= 15 is 0 Å². The second kappa shape index (κ2) is 3.37. The van der Waals surface area contributed by atoms with Crippen molar-refractivity contribution >= 4 is 0 Å². The monoisotopic (exact) mass is 139 g/mol. The van der Waals surface area contributed by atoms with E-state index in [9.17, 15) is 0 Å². The van der Waals surface area contributed by atoms with E-state index in [0.29, 0.717) is 5.92 Å². The van der Waals surface area contributed by atoms with E-state index in [1.165, 1.54) is 0 Å². The Morgan fingerprint density at radius 1 is 1.80 bits per heavy atom. The summed E-state index contributed by atoms with van der Waals surface area (Å²) in [6.45, 7) is 2.86. The number of rotatable bonds is 3. The smallest absolute Gasteiger partial charge is 0.0923 e.